The highest BCUT2D eigenvalue weighted by molar-refractivity contribution is 5.78. The Morgan fingerprint density at radius 2 is 1.86 bits per heavy atom. The number of fused-ring (bicyclic) bond motifs is 1. The number of hydrogen-bond donors (Lipinski definition) is 1. The largest absolute Gasteiger partial charge is 0.454 e. The van der Waals surface area contributed by atoms with Crippen molar-refractivity contribution in [1.29, 1.82) is 0 Å². The lowest BCUT2D eigenvalue weighted by molar-refractivity contribution is -0.121. The highest BCUT2D eigenvalue weighted by atomic mass is 16.7. The number of nitrogens with one attached hydrogen (secondary N) is 1. The Labute approximate surface area is 130 Å². The Hall–Kier alpha value is -2.49. The van der Waals surface area contributed by atoms with Crippen molar-refractivity contribution < 1.29 is 14.3 Å². The third-order valence-corrected chi connectivity index (χ3v) is 3.59. The van der Waals surface area contributed by atoms with E-state index in [1.807, 2.05) is 55.5 Å². The van der Waals surface area contributed by atoms with E-state index in [2.05, 4.69) is 5.32 Å². The lowest BCUT2D eigenvalue weighted by atomic mass is 10.1. The molecule has 1 amide bonds. The molecule has 1 heterocycles. The summed E-state index contributed by atoms with van der Waals surface area (Å²) in [4.78, 5) is 12.0. The van der Waals surface area contributed by atoms with Crippen molar-refractivity contribution in [2.45, 2.75) is 25.8 Å². The smallest absolute Gasteiger partial charge is 0.231 e. The van der Waals surface area contributed by atoms with Crippen LogP contribution in [0.3, 0.4) is 0 Å². The van der Waals surface area contributed by atoms with Crippen LogP contribution in [0.4, 0.5) is 0 Å². The second kappa shape index (κ2) is 6.52. The van der Waals surface area contributed by atoms with E-state index in [0.717, 1.165) is 29.0 Å². The molecule has 0 aromatic heterocycles. The van der Waals surface area contributed by atoms with Crippen LogP contribution in [-0.4, -0.2) is 18.7 Å². The van der Waals surface area contributed by atoms with E-state index >= 15 is 0 Å². The van der Waals surface area contributed by atoms with Crippen LogP contribution in [-0.2, 0) is 17.6 Å². The van der Waals surface area contributed by atoms with Crippen molar-refractivity contribution in [2.24, 2.45) is 0 Å². The minimum absolute atomic E-state index is 0.0412. The van der Waals surface area contributed by atoms with E-state index in [1.54, 1.807) is 0 Å². The van der Waals surface area contributed by atoms with Gasteiger partial charge in [-0.1, -0.05) is 36.4 Å². The summed E-state index contributed by atoms with van der Waals surface area (Å²) in [6.45, 7) is 2.29. The molecule has 0 unspecified atom stereocenters. The quantitative estimate of drug-likeness (QED) is 0.923. The molecular weight excluding hydrogens is 278 g/mol. The fourth-order valence-electron chi connectivity index (χ4n) is 2.58. The van der Waals surface area contributed by atoms with Crippen LogP contribution < -0.4 is 14.8 Å². The molecule has 0 spiro atoms. The monoisotopic (exact) mass is 297 g/mol. The normalized spacial score (nSPS) is 13.7. The van der Waals surface area contributed by atoms with Gasteiger partial charge in [0.2, 0.25) is 12.7 Å². The number of amides is 1. The van der Waals surface area contributed by atoms with Crippen molar-refractivity contribution in [1.82, 2.24) is 5.32 Å². The van der Waals surface area contributed by atoms with Gasteiger partial charge in [-0.25, -0.2) is 0 Å². The van der Waals surface area contributed by atoms with Crippen LogP contribution in [0.1, 0.15) is 18.1 Å². The van der Waals surface area contributed by atoms with Gasteiger partial charge in [0.05, 0.1) is 6.42 Å². The number of carbonyl (C=O) groups excluding carboxylic acids is 1. The van der Waals surface area contributed by atoms with E-state index in [0.29, 0.717) is 6.42 Å². The van der Waals surface area contributed by atoms with Crippen LogP contribution in [0.5, 0.6) is 11.5 Å². The molecule has 1 atom stereocenters. The van der Waals surface area contributed by atoms with E-state index in [-0.39, 0.29) is 18.7 Å². The predicted molar refractivity (Wildman–Crippen MR) is 84.0 cm³/mol. The van der Waals surface area contributed by atoms with Crippen LogP contribution in [0.15, 0.2) is 48.5 Å². The molecule has 3 rings (SSSR count). The number of hydrogen-bond acceptors (Lipinski definition) is 3. The van der Waals surface area contributed by atoms with Crippen molar-refractivity contribution >= 4 is 5.91 Å². The van der Waals surface area contributed by atoms with Gasteiger partial charge >= 0.3 is 0 Å². The first-order valence-electron chi connectivity index (χ1n) is 7.42. The second-order valence-electron chi connectivity index (χ2n) is 5.52. The summed E-state index contributed by atoms with van der Waals surface area (Å²) in [5.41, 5.74) is 2.15. The van der Waals surface area contributed by atoms with Gasteiger partial charge in [0.25, 0.3) is 0 Å². The average Bonchev–Trinajstić information content (AvgIpc) is 2.95. The summed E-state index contributed by atoms with van der Waals surface area (Å²) in [6, 6.07) is 15.7. The van der Waals surface area contributed by atoms with Crippen LogP contribution in [0, 0.1) is 0 Å². The minimum atomic E-state index is 0.0412. The molecule has 4 nitrogen and oxygen atoms in total. The summed E-state index contributed by atoms with van der Waals surface area (Å²) in [6.07, 6.45) is 1.17. The van der Waals surface area contributed by atoms with Crippen LogP contribution in [0.2, 0.25) is 0 Å². The number of benzene rings is 2. The van der Waals surface area contributed by atoms with Gasteiger partial charge in [-0.2, -0.15) is 0 Å². The van der Waals surface area contributed by atoms with E-state index < -0.39 is 0 Å². The van der Waals surface area contributed by atoms with Crippen molar-refractivity contribution in [3.05, 3.63) is 59.7 Å². The zero-order valence-corrected chi connectivity index (χ0v) is 12.5. The molecule has 22 heavy (non-hydrogen) atoms. The molecule has 1 aliphatic rings. The summed E-state index contributed by atoms with van der Waals surface area (Å²) in [5.74, 6) is 1.60. The SMILES string of the molecule is C[C@H](Cc1ccc2c(c1)OCO2)NC(=O)Cc1ccccc1. The molecule has 0 aliphatic carbocycles. The summed E-state index contributed by atoms with van der Waals surface area (Å²) in [5, 5.41) is 3.03. The molecule has 0 saturated heterocycles. The Kier molecular flexibility index (Phi) is 4.28. The molecule has 1 aliphatic heterocycles. The topological polar surface area (TPSA) is 47.6 Å². The Morgan fingerprint density at radius 3 is 2.68 bits per heavy atom. The summed E-state index contributed by atoms with van der Waals surface area (Å²) < 4.78 is 10.7. The molecule has 2 aromatic rings. The standard InChI is InChI=1S/C18H19NO3/c1-13(19-18(20)11-14-5-3-2-4-6-14)9-15-7-8-16-17(10-15)22-12-21-16/h2-8,10,13H,9,11-12H2,1H3,(H,19,20)/t13-/m1/s1. The highest BCUT2D eigenvalue weighted by Gasteiger charge is 2.15. The maximum absolute atomic E-state index is 12.0. The maximum atomic E-state index is 12.0. The number of rotatable bonds is 5. The Bertz CT molecular complexity index is 655. The third kappa shape index (κ3) is 3.58. The van der Waals surface area contributed by atoms with Gasteiger partial charge < -0.3 is 14.8 Å². The number of carbonyl (C=O) groups is 1. The first-order valence-corrected chi connectivity index (χ1v) is 7.42. The zero-order valence-electron chi connectivity index (χ0n) is 12.5. The van der Waals surface area contributed by atoms with Crippen molar-refractivity contribution in [3.8, 4) is 11.5 Å². The fourth-order valence-corrected chi connectivity index (χ4v) is 2.58. The molecule has 0 bridgehead atoms. The van der Waals surface area contributed by atoms with Gasteiger partial charge in [-0.05, 0) is 36.6 Å². The summed E-state index contributed by atoms with van der Waals surface area (Å²) >= 11 is 0. The van der Waals surface area contributed by atoms with E-state index in [9.17, 15) is 4.79 Å². The molecule has 0 radical (unpaired) electrons. The molecule has 0 fully saturated rings. The molecular formula is C18H19NO3. The third-order valence-electron chi connectivity index (χ3n) is 3.59. The van der Waals surface area contributed by atoms with E-state index in [1.165, 1.54) is 0 Å². The molecule has 4 heteroatoms. The second-order valence-corrected chi connectivity index (χ2v) is 5.52. The molecule has 114 valence electrons. The van der Waals surface area contributed by atoms with Gasteiger partial charge in [-0.3, -0.25) is 4.79 Å². The van der Waals surface area contributed by atoms with Gasteiger partial charge in [0, 0.05) is 6.04 Å². The lowest BCUT2D eigenvalue weighted by Crippen LogP contribution is -2.35. The molecule has 0 saturated carbocycles. The first-order chi connectivity index (χ1) is 10.7. The summed E-state index contributed by atoms with van der Waals surface area (Å²) in [7, 11) is 0. The van der Waals surface area contributed by atoms with Gasteiger partial charge in [0.15, 0.2) is 11.5 Å². The zero-order chi connectivity index (χ0) is 15.4. The highest BCUT2D eigenvalue weighted by Crippen LogP contribution is 2.32. The van der Waals surface area contributed by atoms with Crippen molar-refractivity contribution in [2.75, 3.05) is 6.79 Å². The fraction of sp³-hybridized carbons (Fsp3) is 0.278. The predicted octanol–water partition coefficient (Wildman–Crippen LogP) is 2.71. The number of ether oxygens (including phenoxy) is 2. The Balaban J connectivity index is 1.54. The van der Waals surface area contributed by atoms with Gasteiger partial charge in [-0.15, -0.1) is 0 Å². The van der Waals surface area contributed by atoms with Crippen molar-refractivity contribution in [3.63, 3.8) is 0 Å². The maximum Gasteiger partial charge on any atom is 0.231 e. The average molecular weight is 297 g/mol. The first kappa shape index (κ1) is 14.4. The van der Waals surface area contributed by atoms with Crippen LogP contribution >= 0.6 is 0 Å². The molecule has 2 aromatic carbocycles. The Morgan fingerprint density at radius 1 is 1.09 bits per heavy atom. The van der Waals surface area contributed by atoms with E-state index in [4.69, 9.17) is 9.47 Å². The minimum Gasteiger partial charge on any atom is -0.454 e. The van der Waals surface area contributed by atoms with Crippen LogP contribution in [0.25, 0.3) is 0 Å². The lowest BCUT2D eigenvalue weighted by Gasteiger charge is -2.14. The molecule has 1 N–H and O–H groups in total. The van der Waals surface area contributed by atoms with Gasteiger partial charge in [0.1, 0.15) is 0 Å².